The lowest BCUT2D eigenvalue weighted by molar-refractivity contribution is -0.117. The zero-order chi connectivity index (χ0) is 21.7. The zero-order valence-corrected chi connectivity index (χ0v) is 18.5. The van der Waals surface area contributed by atoms with Gasteiger partial charge in [0.2, 0.25) is 15.9 Å². The minimum atomic E-state index is -3.57. The van der Waals surface area contributed by atoms with Crippen molar-refractivity contribution in [1.82, 2.24) is 9.71 Å². The van der Waals surface area contributed by atoms with E-state index < -0.39 is 10.0 Å². The molecule has 2 aromatic rings. The van der Waals surface area contributed by atoms with Crippen molar-refractivity contribution in [2.24, 2.45) is 5.92 Å². The van der Waals surface area contributed by atoms with E-state index in [2.05, 4.69) is 20.3 Å². The lowest BCUT2D eigenvalue weighted by Gasteiger charge is -2.17. The number of amides is 1. The fraction of sp³-hybridized carbons (Fsp3) is 0.455. The van der Waals surface area contributed by atoms with Crippen molar-refractivity contribution in [3.63, 3.8) is 0 Å². The summed E-state index contributed by atoms with van der Waals surface area (Å²) in [4.78, 5) is 16.3. The minimum absolute atomic E-state index is 0.0316. The predicted octanol–water partition coefficient (Wildman–Crippen LogP) is 4.07. The molecule has 0 aliphatic heterocycles. The standard InChI is InChI=1S/C22H30N4O3S/c1-4-18(5-2)26-30(28,29)20-12-13-21(23-14-20)24-15(3)16-8-10-19(11-9-16)25-22(27)17-6-7-17/h8-15,17-18,26H,4-7H2,1-3H3,(H,23,24)(H,25,27). The molecule has 1 amide bonds. The Morgan fingerprint density at radius 1 is 1.10 bits per heavy atom. The molecular weight excluding hydrogens is 400 g/mol. The molecule has 1 unspecified atom stereocenters. The van der Waals surface area contributed by atoms with E-state index in [1.54, 1.807) is 12.1 Å². The van der Waals surface area contributed by atoms with E-state index in [-0.39, 0.29) is 28.8 Å². The highest BCUT2D eigenvalue weighted by Crippen LogP contribution is 2.30. The third kappa shape index (κ3) is 5.79. The number of carbonyl (C=O) groups excluding carboxylic acids is 1. The van der Waals surface area contributed by atoms with Gasteiger partial charge in [-0.1, -0.05) is 26.0 Å². The Balaban J connectivity index is 1.60. The van der Waals surface area contributed by atoms with Gasteiger partial charge in [-0.25, -0.2) is 18.1 Å². The van der Waals surface area contributed by atoms with Gasteiger partial charge in [0.25, 0.3) is 0 Å². The number of pyridine rings is 1. The van der Waals surface area contributed by atoms with Crippen LogP contribution in [0.25, 0.3) is 0 Å². The first-order valence-corrected chi connectivity index (χ1v) is 12.0. The SMILES string of the molecule is CCC(CC)NS(=O)(=O)c1ccc(NC(C)c2ccc(NC(=O)C3CC3)cc2)nc1. The van der Waals surface area contributed by atoms with E-state index in [9.17, 15) is 13.2 Å². The molecule has 1 fully saturated rings. The molecule has 1 heterocycles. The number of rotatable bonds is 10. The molecule has 0 radical (unpaired) electrons. The Hall–Kier alpha value is -2.45. The molecule has 0 bridgehead atoms. The molecule has 8 heteroatoms. The highest BCUT2D eigenvalue weighted by Gasteiger charge is 2.29. The van der Waals surface area contributed by atoms with E-state index in [0.717, 1.165) is 36.9 Å². The second-order valence-electron chi connectivity index (χ2n) is 7.77. The van der Waals surface area contributed by atoms with Gasteiger partial charge in [0.15, 0.2) is 0 Å². The van der Waals surface area contributed by atoms with Gasteiger partial charge in [-0.3, -0.25) is 4.79 Å². The fourth-order valence-corrected chi connectivity index (χ4v) is 4.46. The van der Waals surface area contributed by atoms with Crippen LogP contribution >= 0.6 is 0 Å². The van der Waals surface area contributed by atoms with Crippen molar-refractivity contribution < 1.29 is 13.2 Å². The molecule has 30 heavy (non-hydrogen) atoms. The molecule has 1 saturated carbocycles. The molecule has 0 saturated heterocycles. The number of aromatic nitrogens is 1. The van der Waals surface area contributed by atoms with Gasteiger partial charge in [0.1, 0.15) is 10.7 Å². The van der Waals surface area contributed by atoms with Gasteiger partial charge in [0, 0.05) is 29.9 Å². The summed E-state index contributed by atoms with van der Waals surface area (Å²) >= 11 is 0. The first-order valence-electron chi connectivity index (χ1n) is 10.5. The molecule has 1 aliphatic rings. The van der Waals surface area contributed by atoms with Gasteiger partial charge in [-0.15, -0.1) is 0 Å². The van der Waals surface area contributed by atoms with Crippen molar-refractivity contribution >= 4 is 27.4 Å². The maximum atomic E-state index is 12.5. The summed E-state index contributed by atoms with van der Waals surface area (Å²) in [6, 6.07) is 10.8. The van der Waals surface area contributed by atoms with Crippen molar-refractivity contribution in [1.29, 1.82) is 0 Å². The van der Waals surface area contributed by atoms with Crippen LogP contribution in [0.3, 0.4) is 0 Å². The Labute approximate surface area is 178 Å². The molecular formula is C22H30N4O3S. The summed E-state index contributed by atoms with van der Waals surface area (Å²) in [6.07, 6.45) is 4.81. The fourth-order valence-electron chi connectivity index (χ4n) is 3.12. The van der Waals surface area contributed by atoms with Crippen molar-refractivity contribution in [3.8, 4) is 0 Å². The number of nitrogens with one attached hydrogen (secondary N) is 3. The molecule has 3 rings (SSSR count). The van der Waals surface area contributed by atoms with Gasteiger partial charge in [0.05, 0.1) is 0 Å². The van der Waals surface area contributed by atoms with Gasteiger partial charge in [-0.2, -0.15) is 0 Å². The normalized spacial score (nSPS) is 15.1. The second kappa shape index (κ2) is 9.57. The second-order valence-corrected chi connectivity index (χ2v) is 9.48. The van der Waals surface area contributed by atoms with Gasteiger partial charge >= 0.3 is 0 Å². The third-order valence-electron chi connectivity index (χ3n) is 5.34. The quantitative estimate of drug-likeness (QED) is 0.528. The van der Waals surface area contributed by atoms with E-state index in [1.165, 1.54) is 6.20 Å². The van der Waals surface area contributed by atoms with Crippen molar-refractivity contribution in [2.75, 3.05) is 10.6 Å². The largest absolute Gasteiger partial charge is 0.364 e. The molecule has 1 atom stereocenters. The number of anilines is 2. The summed E-state index contributed by atoms with van der Waals surface area (Å²) in [5.74, 6) is 0.857. The van der Waals surface area contributed by atoms with Crippen LogP contribution in [-0.4, -0.2) is 25.4 Å². The molecule has 1 aromatic carbocycles. The van der Waals surface area contributed by atoms with Gasteiger partial charge < -0.3 is 10.6 Å². The van der Waals surface area contributed by atoms with E-state index in [4.69, 9.17) is 0 Å². The number of sulfonamides is 1. The first-order chi connectivity index (χ1) is 14.3. The Morgan fingerprint density at radius 2 is 1.77 bits per heavy atom. The van der Waals surface area contributed by atoms with Crippen LogP contribution in [0.4, 0.5) is 11.5 Å². The highest BCUT2D eigenvalue weighted by molar-refractivity contribution is 7.89. The van der Waals surface area contributed by atoms with Crippen LogP contribution in [0.5, 0.6) is 0 Å². The molecule has 0 spiro atoms. The topological polar surface area (TPSA) is 100 Å². The van der Waals surface area contributed by atoms with Gasteiger partial charge in [-0.05, 0) is 62.4 Å². The Morgan fingerprint density at radius 3 is 2.30 bits per heavy atom. The number of hydrogen-bond acceptors (Lipinski definition) is 5. The number of nitrogens with zero attached hydrogens (tertiary/aromatic N) is 1. The summed E-state index contributed by atoms with van der Waals surface area (Å²) in [7, 11) is -3.57. The predicted molar refractivity (Wildman–Crippen MR) is 119 cm³/mol. The summed E-state index contributed by atoms with van der Waals surface area (Å²) in [5, 5.41) is 6.20. The summed E-state index contributed by atoms with van der Waals surface area (Å²) < 4.78 is 27.6. The van der Waals surface area contributed by atoms with E-state index >= 15 is 0 Å². The van der Waals surface area contributed by atoms with Crippen molar-refractivity contribution in [3.05, 3.63) is 48.2 Å². The van der Waals surface area contributed by atoms with Crippen LogP contribution in [0, 0.1) is 5.92 Å². The van der Waals surface area contributed by atoms with Crippen LogP contribution in [0.15, 0.2) is 47.5 Å². The zero-order valence-electron chi connectivity index (χ0n) is 17.7. The number of hydrogen-bond donors (Lipinski definition) is 3. The minimum Gasteiger partial charge on any atom is -0.364 e. The van der Waals surface area contributed by atoms with Crippen LogP contribution in [-0.2, 0) is 14.8 Å². The molecule has 1 aromatic heterocycles. The van der Waals surface area contributed by atoms with E-state index in [0.29, 0.717) is 5.82 Å². The Bertz CT molecular complexity index is 951. The monoisotopic (exact) mass is 430 g/mol. The van der Waals surface area contributed by atoms with E-state index in [1.807, 2.05) is 45.0 Å². The number of carbonyl (C=O) groups is 1. The van der Waals surface area contributed by atoms with Crippen LogP contribution in [0.2, 0.25) is 0 Å². The molecule has 1 aliphatic carbocycles. The Kier molecular flexibility index (Phi) is 7.10. The maximum absolute atomic E-state index is 12.5. The average Bonchev–Trinajstić information content (AvgIpc) is 3.58. The van der Waals surface area contributed by atoms with Crippen LogP contribution < -0.4 is 15.4 Å². The lowest BCUT2D eigenvalue weighted by Crippen LogP contribution is -2.33. The third-order valence-corrected chi connectivity index (χ3v) is 6.85. The average molecular weight is 431 g/mol. The lowest BCUT2D eigenvalue weighted by atomic mass is 10.1. The smallest absolute Gasteiger partial charge is 0.242 e. The molecule has 7 nitrogen and oxygen atoms in total. The molecule has 162 valence electrons. The summed E-state index contributed by atoms with van der Waals surface area (Å²) in [5.41, 5.74) is 1.83. The van der Waals surface area contributed by atoms with Crippen LogP contribution in [0.1, 0.15) is 58.1 Å². The van der Waals surface area contributed by atoms with Crippen molar-refractivity contribution in [2.45, 2.75) is 63.4 Å². The highest BCUT2D eigenvalue weighted by atomic mass is 32.2. The maximum Gasteiger partial charge on any atom is 0.242 e. The molecule has 3 N–H and O–H groups in total. The number of benzene rings is 1. The summed E-state index contributed by atoms with van der Waals surface area (Å²) in [6.45, 7) is 5.91. The first kappa shape index (κ1) is 22.2.